The highest BCUT2D eigenvalue weighted by Gasteiger charge is 2.44. The predicted octanol–water partition coefficient (Wildman–Crippen LogP) is 3.55. The number of rotatable bonds is 3. The SMILES string of the molecule is CCCC[C@@H]1O[C@H]2CCC[C@@H]2[C@H]1I. The minimum Gasteiger partial charge on any atom is -0.374 e. The zero-order valence-corrected chi connectivity index (χ0v) is 10.5. The first-order valence-corrected chi connectivity index (χ1v) is 6.87. The Morgan fingerprint density at radius 3 is 2.92 bits per heavy atom. The molecule has 4 atom stereocenters. The maximum atomic E-state index is 6.09. The molecule has 0 radical (unpaired) electrons. The van der Waals surface area contributed by atoms with Crippen LogP contribution < -0.4 is 0 Å². The number of alkyl halides is 1. The maximum absolute atomic E-state index is 6.09. The van der Waals surface area contributed by atoms with Crippen molar-refractivity contribution in [3.63, 3.8) is 0 Å². The lowest BCUT2D eigenvalue weighted by Crippen LogP contribution is -2.19. The molecule has 76 valence electrons. The number of fused-ring (bicyclic) bond motifs is 1. The largest absolute Gasteiger partial charge is 0.374 e. The van der Waals surface area contributed by atoms with Gasteiger partial charge < -0.3 is 4.74 Å². The molecule has 0 amide bonds. The van der Waals surface area contributed by atoms with E-state index in [9.17, 15) is 0 Å². The molecule has 1 heterocycles. The Labute approximate surface area is 94.8 Å². The molecule has 1 aliphatic carbocycles. The Morgan fingerprint density at radius 2 is 2.23 bits per heavy atom. The van der Waals surface area contributed by atoms with E-state index in [-0.39, 0.29) is 0 Å². The highest BCUT2D eigenvalue weighted by Crippen LogP contribution is 2.44. The lowest BCUT2D eigenvalue weighted by molar-refractivity contribution is 0.0372. The molecule has 2 rings (SSSR count). The highest BCUT2D eigenvalue weighted by molar-refractivity contribution is 14.1. The van der Waals surface area contributed by atoms with Crippen molar-refractivity contribution >= 4 is 22.6 Å². The van der Waals surface area contributed by atoms with E-state index in [1.165, 1.54) is 38.5 Å². The minimum atomic E-state index is 0.579. The van der Waals surface area contributed by atoms with Gasteiger partial charge in [0.2, 0.25) is 0 Å². The second-order valence-corrected chi connectivity index (χ2v) is 5.83. The molecule has 2 aliphatic rings. The molecule has 2 heteroatoms. The van der Waals surface area contributed by atoms with E-state index in [2.05, 4.69) is 29.5 Å². The van der Waals surface area contributed by atoms with Crippen molar-refractivity contribution in [3.8, 4) is 0 Å². The minimum absolute atomic E-state index is 0.579. The number of hydrogen-bond donors (Lipinski definition) is 0. The molecule has 1 saturated carbocycles. The third-order valence-corrected chi connectivity index (χ3v) is 5.19. The fourth-order valence-corrected chi connectivity index (χ4v) is 4.05. The standard InChI is InChI=1S/C11H19IO/c1-2-3-6-10-11(12)8-5-4-7-9(8)13-10/h8-11H,2-7H2,1H3/t8-,9-,10-,11+/m0/s1. The molecule has 0 aromatic rings. The van der Waals surface area contributed by atoms with Crippen LogP contribution in [0.25, 0.3) is 0 Å². The van der Waals surface area contributed by atoms with Crippen molar-refractivity contribution in [3.05, 3.63) is 0 Å². The second-order valence-electron chi connectivity index (χ2n) is 4.39. The van der Waals surface area contributed by atoms with Crippen LogP contribution in [-0.2, 0) is 4.74 Å². The van der Waals surface area contributed by atoms with Gasteiger partial charge in [0.15, 0.2) is 0 Å². The van der Waals surface area contributed by atoms with E-state index in [4.69, 9.17) is 4.74 Å². The molecular weight excluding hydrogens is 275 g/mol. The summed E-state index contributed by atoms with van der Waals surface area (Å²) in [5.41, 5.74) is 0. The van der Waals surface area contributed by atoms with Crippen molar-refractivity contribution in [2.75, 3.05) is 0 Å². The monoisotopic (exact) mass is 294 g/mol. The normalized spacial score (nSPS) is 43.8. The maximum Gasteiger partial charge on any atom is 0.0700 e. The number of ether oxygens (including phenoxy) is 1. The Kier molecular flexibility index (Phi) is 3.52. The quantitative estimate of drug-likeness (QED) is 0.571. The van der Waals surface area contributed by atoms with Crippen molar-refractivity contribution < 1.29 is 4.74 Å². The third kappa shape index (κ3) is 2.04. The molecular formula is C11H19IO. The predicted molar refractivity (Wildman–Crippen MR) is 63.3 cm³/mol. The van der Waals surface area contributed by atoms with Crippen LogP contribution in [0.5, 0.6) is 0 Å². The average Bonchev–Trinajstić information content (AvgIpc) is 2.67. The van der Waals surface area contributed by atoms with Crippen LogP contribution in [0.15, 0.2) is 0 Å². The van der Waals surface area contributed by atoms with Gasteiger partial charge in [0.05, 0.1) is 12.2 Å². The third-order valence-electron chi connectivity index (χ3n) is 3.46. The molecule has 0 N–H and O–H groups in total. The number of halogens is 1. The van der Waals surface area contributed by atoms with Crippen LogP contribution in [-0.4, -0.2) is 16.1 Å². The van der Waals surface area contributed by atoms with E-state index in [1.54, 1.807) is 0 Å². The van der Waals surface area contributed by atoms with Gasteiger partial charge in [-0.3, -0.25) is 0 Å². The van der Waals surface area contributed by atoms with Gasteiger partial charge in [0, 0.05) is 3.92 Å². The van der Waals surface area contributed by atoms with Gasteiger partial charge in [-0.15, -0.1) is 0 Å². The van der Waals surface area contributed by atoms with E-state index >= 15 is 0 Å². The summed E-state index contributed by atoms with van der Waals surface area (Å²) in [5.74, 6) is 0.891. The molecule has 13 heavy (non-hydrogen) atoms. The van der Waals surface area contributed by atoms with Gasteiger partial charge in [0.1, 0.15) is 0 Å². The first kappa shape index (κ1) is 10.2. The van der Waals surface area contributed by atoms with Crippen molar-refractivity contribution in [1.82, 2.24) is 0 Å². The van der Waals surface area contributed by atoms with Gasteiger partial charge in [-0.1, -0.05) is 48.8 Å². The van der Waals surface area contributed by atoms with Gasteiger partial charge in [-0.2, -0.15) is 0 Å². The smallest absolute Gasteiger partial charge is 0.0700 e. The summed E-state index contributed by atoms with van der Waals surface area (Å²) in [6.45, 7) is 2.26. The molecule has 2 fully saturated rings. The molecule has 0 aromatic heterocycles. The average molecular weight is 294 g/mol. The van der Waals surface area contributed by atoms with E-state index in [1.807, 2.05) is 0 Å². The first-order valence-electron chi connectivity index (χ1n) is 5.62. The summed E-state index contributed by atoms with van der Waals surface area (Å²) in [5, 5.41) is 0. The first-order chi connectivity index (χ1) is 6.33. The summed E-state index contributed by atoms with van der Waals surface area (Å²) < 4.78 is 6.89. The zero-order valence-electron chi connectivity index (χ0n) is 8.34. The van der Waals surface area contributed by atoms with Gasteiger partial charge >= 0.3 is 0 Å². The van der Waals surface area contributed by atoms with E-state index in [0.717, 1.165) is 9.84 Å². The summed E-state index contributed by atoms with van der Waals surface area (Å²) in [6.07, 6.45) is 9.28. The van der Waals surface area contributed by atoms with E-state index in [0.29, 0.717) is 12.2 Å². The summed E-state index contributed by atoms with van der Waals surface area (Å²) in [6, 6.07) is 0. The summed E-state index contributed by atoms with van der Waals surface area (Å²) >= 11 is 2.63. The molecule has 0 bridgehead atoms. The molecule has 0 unspecified atom stereocenters. The van der Waals surface area contributed by atoms with Crippen LogP contribution in [0, 0.1) is 5.92 Å². The Hall–Kier alpha value is 0.690. The summed E-state index contributed by atoms with van der Waals surface area (Å²) in [4.78, 5) is 0. The molecule has 1 aliphatic heterocycles. The van der Waals surface area contributed by atoms with Gasteiger partial charge in [0.25, 0.3) is 0 Å². The summed E-state index contributed by atoms with van der Waals surface area (Å²) in [7, 11) is 0. The Morgan fingerprint density at radius 1 is 1.38 bits per heavy atom. The van der Waals surface area contributed by atoms with Crippen LogP contribution in [0.3, 0.4) is 0 Å². The topological polar surface area (TPSA) is 9.23 Å². The van der Waals surface area contributed by atoms with Gasteiger partial charge in [-0.05, 0) is 25.2 Å². The highest BCUT2D eigenvalue weighted by atomic mass is 127. The number of unbranched alkanes of at least 4 members (excludes halogenated alkanes) is 1. The molecule has 0 spiro atoms. The molecule has 1 nitrogen and oxygen atoms in total. The van der Waals surface area contributed by atoms with Crippen LogP contribution in [0.2, 0.25) is 0 Å². The van der Waals surface area contributed by atoms with Crippen molar-refractivity contribution in [2.24, 2.45) is 5.92 Å². The van der Waals surface area contributed by atoms with Gasteiger partial charge in [-0.25, -0.2) is 0 Å². The van der Waals surface area contributed by atoms with Crippen LogP contribution >= 0.6 is 22.6 Å². The molecule has 0 aromatic carbocycles. The fraction of sp³-hybridized carbons (Fsp3) is 1.00. The number of hydrogen-bond acceptors (Lipinski definition) is 1. The Bertz CT molecular complexity index is 171. The van der Waals surface area contributed by atoms with Crippen molar-refractivity contribution in [2.45, 2.75) is 61.6 Å². The van der Waals surface area contributed by atoms with Crippen molar-refractivity contribution in [1.29, 1.82) is 0 Å². The Balaban J connectivity index is 1.87. The van der Waals surface area contributed by atoms with Crippen LogP contribution in [0.1, 0.15) is 45.4 Å². The van der Waals surface area contributed by atoms with E-state index < -0.39 is 0 Å². The van der Waals surface area contributed by atoms with Crippen LogP contribution in [0.4, 0.5) is 0 Å². The molecule has 1 saturated heterocycles. The lowest BCUT2D eigenvalue weighted by atomic mass is 9.99. The fourth-order valence-electron chi connectivity index (χ4n) is 2.70. The lowest BCUT2D eigenvalue weighted by Gasteiger charge is -2.15. The second kappa shape index (κ2) is 4.47. The zero-order chi connectivity index (χ0) is 9.26.